The van der Waals surface area contributed by atoms with E-state index in [1.54, 1.807) is 12.1 Å². The van der Waals surface area contributed by atoms with Gasteiger partial charge < -0.3 is 4.74 Å². The molecule has 0 spiro atoms. The molecule has 1 aromatic rings. The van der Waals surface area contributed by atoms with E-state index in [-0.39, 0.29) is 5.75 Å². The number of halogens is 2. The van der Waals surface area contributed by atoms with E-state index in [2.05, 4.69) is 12.7 Å². The number of rotatable bonds is 5. The predicted octanol–water partition coefficient (Wildman–Crippen LogP) is 7.09. The van der Waals surface area contributed by atoms with Crippen LogP contribution in [0.3, 0.4) is 0 Å². The quantitative estimate of drug-likeness (QED) is 0.498. The number of hydrogen-bond acceptors (Lipinski definition) is 1. The van der Waals surface area contributed by atoms with E-state index in [1.165, 1.54) is 58.5 Å². The van der Waals surface area contributed by atoms with Crippen molar-refractivity contribution in [2.75, 3.05) is 7.11 Å². The van der Waals surface area contributed by atoms with Crippen LogP contribution in [0.2, 0.25) is 0 Å². The standard InChI is InChI=1S/C24H34F2O/c1-3-17-10-12-20(13-11-17)19-8-4-6-18(7-5-9-19)16-21-14-15-22(27-2)24(26)23(21)25/h3,14-15,17-20H,1,4-13,16H2,2H3. The van der Waals surface area contributed by atoms with E-state index < -0.39 is 11.6 Å². The zero-order chi connectivity index (χ0) is 19.2. The molecule has 1 nitrogen and oxygen atoms in total. The second-order valence-corrected chi connectivity index (χ2v) is 8.66. The van der Waals surface area contributed by atoms with E-state index in [4.69, 9.17) is 4.74 Å². The van der Waals surface area contributed by atoms with E-state index in [1.807, 2.05) is 0 Å². The average Bonchev–Trinajstić information content (AvgIpc) is 2.67. The maximum Gasteiger partial charge on any atom is 0.200 e. The van der Waals surface area contributed by atoms with Crippen LogP contribution in [0.15, 0.2) is 24.8 Å². The summed E-state index contributed by atoms with van der Waals surface area (Å²) in [6, 6.07) is 3.24. The maximum atomic E-state index is 14.3. The molecule has 0 N–H and O–H groups in total. The molecule has 2 fully saturated rings. The van der Waals surface area contributed by atoms with Crippen LogP contribution in [0.25, 0.3) is 0 Å². The van der Waals surface area contributed by atoms with Crippen molar-refractivity contribution in [3.8, 4) is 5.75 Å². The Balaban J connectivity index is 1.51. The summed E-state index contributed by atoms with van der Waals surface area (Å²) in [7, 11) is 1.37. The molecular weight excluding hydrogens is 342 g/mol. The minimum absolute atomic E-state index is 0.0112. The van der Waals surface area contributed by atoms with Crippen molar-refractivity contribution in [3.63, 3.8) is 0 Å². The lowest BCUT2D eigenvalue weighted by atomic mass is 9.71. The van der Waals surface area contributed by atoms with E-state index in [9.17, 15) is 8.78 Å². The van der Waals surface area contributed by atoms with Crippen LogP contribution >= 0.6 is 0 Å². The van der Waals surface area contributed by atoms with Gasteiger partial charge >= 0.3 is 0 Å². The zero-order valence-electron chi connectivity index (χ0n) is 16.7. The molecule has 0 bridgehead atoms. The van der Waals surface area contributed by atoms with Crippen LogP contribution in [0.4, 0.5) is 8.78 Å². The molecule has 0 heterocycles. The summed E-state index contributed by atoms with van der Waals surface area (Å²) in [4.78, 5) is 0. The molecular formula is C24H34F2O. The van der Waals surface area contributed by atoms with Gasteiger partial charge in [0.1, 0.15) is 0 Å². The lowest BCUT2D eigenvalue weighted by molar-refractivity contribution is 0.180. The minimum atomic E-state index is -0.851. The van der Waals surface area contributed by atoms with Crippen molar-refractivity contribution in [1.82, 2.24) is 0 Å². The van der Waals surface area contributed by atoms with Gasteiger partial charge in [0, 0.05) is 0 Å². The Bertz CT molecular complexity index is 609. The van der Waals surface area contributed by atoms with Gasteiger partial charge in [0.15, 0.2) is 11.6 Å². The van der Waals surface area contributed by atoms with Gasteiger partial charge in [-0.05, 0) is 67.4 Å². The highest BCUT2D eigenvalue weighted by Gasteiger charge is 2.28. The van der Waals surface area contributed by atoms with Crippen LogP contribution in [-0.4, -0.2) is 7.11 Å². The summed E-state index contributed by atoms with van der Waals surface area (Å²) in [5.74, 6) is 1.37. The SMILES string of the molecule is C=CC1CCC(C2CCCC(Cc3ccc(OC)c(F)c3F)CCC2)CC1. The molecule has 0 saturated heterocycles. The first-order valence-corrected chi connectivity index (χ1v) is 10.8. The molecule has 2 saturated carbocycles. The van der Waals surface area contributed by atoms with Gasteiger partial charge in [0.05, 0.1) is 7.11 Å². The Hall–Kier alpha value is -1.38. The molecule has 3 heteroatoms. The average molecular weight is 377 g/mol. The second-order valence-electron chi connectivity index (χ2n) is 8.66. The summed E-state index contributed by atoms with van der Waals surface area (Å²) < 4.78 is 33.1. The molecule has 27 heavy (non-hydrogen) atoms. The van der Waals surface area contributed by atoms with E-state index in [0.717, 1.165) is 30.6 Å². The first kappa shape index (κ1) is 20.4. The van der Waals surface area contributed by atoms with Crippen molar-refractivity contribution in [3.05, 3.63) is 42.0 Å². The number of methoxy groups -OCH3 is 1. The van der Waals surface area contributed by atoms with Crippen molar-refractivity contribution in [1.29, 1.82) is 0 Å². The number of ether oxygens (including phenoxy) is 1. The van der Waals surface area contributed by atoms with Gasteiger partial charge in [0.2, 0.25) is 5.82 Å². The minimum Gasteiger partial charge on any atom is -0.494 e. The Morgan fingerprint density at radius 3 is 2.15 bits per heavy atom. The van der Waals surface area contributed by atoms with Crippen molar-refractivity contribution >= 4 is 0 Å². The van der Waals surface area contributed by atoms with Crippen LogP contribution in [0.1, 0.15) is 69.8 Å². The third kappa shape index (κ3) is 5.12. The molecule has 0 aromatic heterocycles. The second kappa shape index (κ2) is 9.71. The Morgan fingerprint density at radius 2 is 1.56 bits per heavy atom. The highest BCUT2D eigenvalue weighted by atomic mass is 19.2. The van der Waals surface area contributed by atoms with E-state index in [0.29, 0.717) is 17.9 Å². The number of hydrogen-bond donors (Lipinski definition) is 0. The fraction of sp³-hybridized carbons (Fsp3) is 0.667. The molecule has 3 rings (SSSR count). The third-order valence-corrected chi connectivity index (χ3v) is 7.05. The number of allylic oxidation sites excluding steroid dienone is 1. The number of benzene rings is 1. The fourth-order valence-electron chi connectivity index (χ4n) is 5.35. The van der Waals surface area contributed by atoms with Crippen LogP contribution in [0.5, 0.6) is 5.75 Å². The Kier molecular flexibility index (Phi) is 7.32. The summed E-state index contributed by atoms with van der Waals surface area (Å²) in [5.41, 5.74) is 0.498. The predicted molar refractivity (Wildman–Crippen MR) is 107 cm³/mol. The van der Waals surface area contributed by atoms with Gasteiger partial charge in [-0.2, -0.15) is 4.39 Å². The van der Waals surface area contributed by atoms with Gasteiger partial charge in [-0.1, -0.05) is 50.7 Å². The zero-order valence-corrected chi connectivity index (χ0v) is 16.7. The molecule has 0 unspecified atom stereocenters. The fourth-order valence-corrected chi connectivity index (χ4v) is 5.35. The van der Waals surface area contributed by atoms with Crippen molar-refractivity contribution in [2.24, 2.45) is 23.7 Å². The lowest BCUT2D eigenvalue weighted by Crippen LogP contribution is -2.23. The van der Waals surface area contributed by atoms with Crippen LogP contribution in [-0.2, 0) is 6.42 Å². The van der Waals surface area contributed by atoms with Gasteiger partial charge in [0.25, 0.3) is 0 Å². The molecule has 0 radical (unpaired) electrons. The Morgan fingerprint density at radius 1 is 0.926 bits per heavy atom. The smallest absolute Gasteiger partial charge is 0.200 e. The first-order chi connectivity index (χ1) is 13.1. The molecule has 0 amide bonds. The molecule has 2 aliphatic rings. The maximum absolute atomic E-state index is 14.3. The molecule has 0 atom stereocenters. The lowest BCUT2D eigenvalue weighted by Gasteiger charge is -2.35. The highest BCUT2D eigenvalue weighted by Crippen LogP contribution is 2.40. The van der Waals surface area contributed by atoms with Crippen LogP contribution in [0, 0.1) is 35.3 Å². The van der Waals surface area contributed by atoms with Crippen LogP contribution < -0.4 is 4.74 Å². The normalized spacial score (nSPS) is 29.6. The summed E-state index contributed by atoms with van der Waals surface area (Å²) >= 11 is 0. The molecule has 1 aromatic carbocycles. The van der Waals surface area contributed by atoms with E-state index >= 15 is 0 Å². The summed E-state index contributed by atoms with van der Waals surface area (Å²) in [6.07, 6.45) is 15.4. The highest BCUT2D eigenvalue weighted by molar-refractivity contribution is 5.31. The Labute approximate surface area is 163 Å². The first-order valence-electron chi connectivity index (χ1n) is 10.8. The topological polar surface area (TPSA) is 9.23 Å². The third-order valence-electron chi connectivity index (χ3n) is 7.05. The van der Waals surface area contributed by atoms with Gasteiger partial charge in [-0.3, -0.25) is 0 Å². The van der Waals surface area contributed by atoms with Crippen molar-refractivity contribution < 1.29 is 13.5 Å². The molecule has 2 aliphatic carbocycles. The monoisotopic (exact) mass is 376 g/mol. The van der Waals surface area contributed by atoms with Gasteiger partial charge in [-0.15, -0.1) is 6.58 Å². The summed E-state index contributed by atoms with van der Waals surface area (Å²) in [6.45, 7) is 3.96. The largest absolute Gasteiger partial charge is 0.494 e. The van der Waals surface area contributed by atoms with Gasteiger partial charge in [-0.25, -0.2) is 4.39 Å². The molecule has 0 aliphatic heterocycles. The van der Waals surface area contributed by atoms with Crippen molar-refractivity contribution in [2.45, 2.75) is 70.6 Å². The molecule has 150 valence electrons. The summed E-state index contributed by atoms with van der Waals surface area (Å²) in [5, 5.41) is 0.